The van der Waals surface area contributed by atoms with Gasteiger partial charge in [0.05, 0.1) is 13.2 Å². The fraction of sp³-hybridized carbons (Fsp3) is 0.909. The average Bonchev–Trinajstić information content (AvgIpc) is 2.55. The van der Waals surface area contributed by atoms with Crippen molar-refractivity contribution in [3.63, 3.8) is 0 Å². The summed E-state index contributed by atoms with van der Waals surface area (Å²) in [4.78, 5) is 12.6. The molecule has 2 fully saturated rings. The molecule has 2 aliphatic rings. The number of aliphatic carboxylic acids is 1. The Morgan fingerprint density at radius 3 is 2.87 bits per heavy atom. The first-order valence-electron chi connectivity index (χ1n) is 5.71. The summed E-state index contributed by atoms with van der Waals surface area (Å²) in [5, 5.41) is 18.3. The van der Waals surface area contributed by atoms with Crippen molar-refractivity contribution in [2.45, 2.75) is 25.7 Å². The zero-order valence-corrected chi connectivity index (χ0v) is 8.98. The lowest BCUT2D eigenvalue weighted by atomic mass is 9.69. The molecule has 0 amide bonds. The zero-order chi connectivity index (χ0) is 10.9. The van der Waals surface area contributed by atoms with Gasteiger partial charge in [-0.2, -0.15) is 0 Å². The van der Waals surface area contributed by atoms with E-state index in [-0.39, 0.29) is 18.6 Å². The second kappa shape index (κ2) is 4.10. The Kier molecular flexibility index (Phi) is 2.98. The quantitative estimate of drug-likeness (QED) is 0.719. The lowest BCUT2D eigenvalue weighted by Gasteiger charge is -2.36. The predicted molar refractivity (Wildman–Crippen MR) is 55.6 cm³/mol. The van der Waals surface area contributed by atoms with E-state index in [9.17, 15) is 9.90 Å². The van der Waals surface area contributed by atoms with E-state index < -0.39 is 5.97 Å². The molecule has 0 aromatic rings. The Morgan fingerprint density at radius 2 is 2.27 bits per heavy atom. The van der Waals surface area contributed by atoms with Crippen LogP contribution in [-0.4, -0.2) is 47.3 Å². The fourth-order valence-corrected chi connectivity index (χ4v) is 3.26. The van der Waals surface area contributed by atoms with Crippen LogP contribution in [0.25, 0.3) is 0 Å². The van der Waals surface area contributed by atoms with Crippen molar-refractivity contribution in [2.75, 3.05) is 26.2 Å². The molecule has 0 unspecified atom stereocenters. The van der Waals surface area contributed by atoms with Crippen molar-refractivity contribution in [1.29, 1.82) is 0 Å². The summed E-state index contributed by atoms with van der Waals surface area (Å²) < 4.78 is 0. The summed E-state index contributed by atoms with van der Waals surface area (Å²) in [6, 6.07) is 0. The van der Waals surface area contributed by atoms with Crippen LogP contribution in [0.3, 0.4) is 0 Å². The molecule has 0 aromatic heterocycles. The van der Waals surface area contributed by atoms with E-state index in [1.165, 1.54) is 12.8 Å². The van der Waals surface area contributed by atoms with E-state index in [0.29, 0.717) is 5.92 Å². The highest BCUT2D eigenvalue weighted by Crippen LogP contribution is 2.46. The Balaban J connectivity index is 2.04. The Hall–Kier alpha value is -0.610. The van der Waals surface area contributed by atoms with Gasteiger partial charge in [-0.15, -0.1) is 0 Å². The molecule has 0 spiro atoms. The minimum Gasteiger partial charge on any atom is -0.480 e. The Labute approximate surface area is 89.9 Å². The largest absolute Gasteiger partial charge is 0.480 e. The molecular weight excluding hydrogens is 194 g/mol. The number of fused-ring (bicyclic) bond motifs is 1. The van der Waals surface area contributed by atoms with Gasteiger partial charge in [-0.3, -0.25) is 9.69 Å². The van der Waals surface area contributed by atoms with Crippen molar-refractivity contribution < 1.29 is 15.0 Å². The number of rotatable bonds is 3. The monoisotopic (exact) mass is 213 g/mol. The lowest BCUT2D eigenvalue weighted by Crippen LogP contribution is -2.37. The standard InChI is InChI=1S/C11H19NO3/c13-8-11-4-2-1-3-9(11)5-12(7-11)6-10(14)15/h9,13H,1-8H2,(H,14,15)/t9-,11-/m0/s1. The van der Waals surface area contributed by atoms with Gasteiger partial charge in [-0.05, 0) is 18.8 Å². The molecule has 15 heavy (non-hydrogen) atoms. The lowest BCUT2D eigenvalue weighted by molar-refractivity contribution is -0.138. The Bertz CT molecular complexity index is 256. The summed E-state index contributed by atoms with van der Waals surface area (Å²) in [5.74, 6) is -0.252. The molecule has 0 aromatic carbocycles. The molecule has 1 saturated heterocycles. The van der Waals surface area contributed by atoms with Gasteiger partial charge in [0.15, 0.2) is 0 Å². The molecule has 0 radical (unpaired) electrons. The van der Waals surface area contributed by atoms with Gasteiger partial charge in [0.1, 0.15) is 0 Å². The number of carbonyl (C=O) groups is 1. The second-order valence-corrected chi connectivity index (χ2v) is 5.03. The number of hydrogen-bond acceptors (Lipinski definition) is 3. The van der Waals surface area contributed by atoms with E-state index in [0.717, 1.165) is 25.9 Å². The van der Waals surface area contributed by atoms with Crippen molar-refractivity contribution in [3.8, 4) is 0 Å². The first-order chi connectivity index (χ1) is 7.16. The molecule has 2 rings (SSSR count). The highest BCUT2D eigenvalue weighted by molar-refractivity contribution is 5.69. The SMILES string of the molecule is O=C(O)CN1C[C@@H]2CCCC[C@@]2(CO)C1. The van der Waals surface area contributed by atoms with E-state index in [1.54, 1.807) is 0 Å². The summed E-state index contributed by atoms with van der Waals surface area (Å²) in [6.07, 6.45) is 4.62. The van der Waals surface area contributed by atoms with Crippen LogP contribution in [0.4, 0.5) is 0 Å². The molecule has 1 aliphatic heterocycles. The number of carboxylic acid groups (broad SMARTS) is 1. The third kappa shape index (κ3) is 2.01. The average molecular weight is 213 g/mol. The van der Waals surface area contributed by atoms with Crippen LogP contribution < -0.4 is 0 Å². The van der Waals surface area contributed by atoms with E-state index >= 15 is 0 Å². The maximum atomic E-state index is 10.6. The van der Waals surface area contributed by atoms with Crippen LogP contribution in [0.5, 0.6) is 0 Å². The van der Waals surface area contributed by atoms with Crippen LogP contribution >= 0.6 is 0 Å². The molecule has 2 atom stereocenters. The number of carboxylic acids is 1. The summed E-state index contributed by atoms with van der Waals surface area (Å²) in [6.45, 7) is 1.96. The molecule has 4 heteroatoms. The normalized spacial score (nSPS) is 36.5. The third-order valence-corrected chi connectivity index (χ3v) is 4.03. The van der Waals surface area contributed by atoms with E-state index in [1.807, 2.05) is 4.90 Å². The van der Waals surface area contributed by atoms with Gasteiger partial charge < -0.3 is 10.2 Å². The smallest absolute Gasteiger partial charge is 0.317 e. The highest BCUT2D eigenvalue weighted by Gasteiger charge is 2.47. The van der Waals surface area contributed by atoms with E-state index in [4.69, 9.17) is 5.11 Å². The number of aliphatic hydroxyl groups is 1. The maximum absolute atomic E-state index is 10.6. The van der Waals surface area contributed by atoms with Gasteiger partial charge >= 0.3 is 5.97 Å². The number of likely N-dealkylation sites (tertiary alicyclic amines) is 1. The molecule has 1 aliphatic carbocycles. The first-order valence-corrected chi connectivity index (χ1v) is 5.71. The van der Waals surface area contributed by atoms with Gasteiger partial charge in [0.25, 0.3) is 0 Å². The number of hydrogen-bond donors (Lipinski definition) is 2. The molecule has 1 heterocycles. The number of nitrogens with zero attached hydrogens (tertiary/aromatic N) is 1. The topological polar surface area (TPSA) is 60.8 Å². The zero-order valence-electron chi connectivity index (χ0n) is 8.98. The molecule has 2 N–H and O–H groups in total. The molecule has 1 saturated carbocycles. The highest BCUT2D eigenvalue weighted by atomic mass is 16.4. The summed E-state index contributed by atoms with van der Waals surface area (Å²) in [5.41, 5.74) is 0.00764. The van der Waals surface area contributed by atoms with E-state index in [2.05, 4.69) is 0 Å². The summed E-state index contributed by atoms with van der Waals surface area (Å²) in [7, 11) is 0. The maximum Gasteiger partial charge on any atom is 0.317 e. The predicted octanol–water partition coefficient (Wildman–Crippen LogP) is 0.555. The molecular formula is C11H19NO3. The van der Waals surface area contributed by atoms with Gasteiger partial charge in [-0.1, -0.05) is 12.8 Å². The van der Waals surface area contributed by atoms with Crippen LogP contribution in [0.15, 0.2) is 0 Å². The Morgan fingerprint density at radius 1 is 1.47 bits per heavy atom. The molecule has 4 nitrogen and oxygen atoms in total. The van der Waals surface area contributed by atoms with Crippen LogP contribution in [-0.2, 0) is 4.79 Å². The van der Waals surface area contributed by atoms with Gasteiger partial charge in [0.2, 0.25) is 0 Å². The van der Waals surface area contributed by atoms with Gasteiger partial charge in [-0.25, -0.2) is 0 Å². The third-order valence-electron chi connectivity index (χ3n) is 4.03. The van der Waals surface area contributed by atoms with Crippen molar-refractivity contribution in [1.82, 2.24) is 4.90 Å². The van der Waals surface area contributed by atoms with Crippen LogP contribution in [0.1, 0.15) is 25.7 Å². The fourth-order valence-electron chi connectivity index (χ4n) is 3.26. The van der Waals surface area contributed by atoms with Crippen LogP contribution in [0.2, 0.25) is 0 Å². The van der Waals surface area contributed by atoms with Crippen molar-refractivity contribution in [2.24, 2.45) is 11.3 Å². The minimum atomic E-state index is -0.762. The van der Waals surface area contributed by atoms with Gasteiger partial charge in [0, 0.05) is 18.5 Å². The molecule has 86 valence electrons. The van der Waals surface area contributed by atoms with Crippen molar-refractivity contribution >= 4 is 5.97 Å². The van der Waals surface area contributed by atoms with Crippen LogP contribution in [0, 0.1) is 11.3 Å². The minimum absolute atomic E-state index is 0.00764. The van der Waals surface area contributed by atoms with Crippen molar-refractivity contribution in [3.05, 3.63) is 0 Å². The first kappa shape index (κ1) is 10.9. The second-order valence-electron chi connectivity index (χ2n) is 5.03. The molecule has 0 bridgehead atoms. The summed E-state index contributed by atoms with van der Waals surface area (Å²) >= 11 is 0. The number of aliphatic hydroxyl groups excluding tert-OH is 1.